The molecule has 0 saturated heterocycles. The number of pyridine rings is 1. The van der Waals surface area contributed by atoms with E-state index in [1.54, 1.807) is 12.3 Å². The van der Waals surface area contributed by atoms with Crippen LogP contribution in [0.3, 0.4) is 0 Å². The van der Waals surface area contributed by atoms with Gasteiger partial charge in [0.15, 0.2) is 0 Å². The van der Waals surface area contributed by atoms with Gasteiger partial charge in [0.1, 0.15) is 5.82 Å². The van der Waals surface area contributed by atoms with Gasteiger partial charge in [0.05, 0.1) is 6.20 Å². The van der Waals surface area contributed by atoms with Crippen LogP contribution >= 0.6 is 0 Å². The summed E-state index contributed by atoms with van der Waals surface area (Å²) in [4.78, 5) is 3.66. The highest BCUT2D eigenvalue weighted by Gasteiger charge is 2.13. The van der Waals surface area contributed by atoms with Gasteiger partial charge in [0.25, 0.3) is 0 Å². The van der Waals surface area contributed by atoms with E-state index in [0.29, 0.717) is 5.56 Å². The maximum absolute atomic E-state index is 13.1. The lowest BCUT2D eigenvalue weighted by atomic mass is 9.98. The fraction of sp³-hybridized carbons (Fsp3) is 0.444. The van der Waals surface area contributed by atoms with Gasteiger partial charge in [-0.2, -0.15) is 0 Å². The Balaban J connectivity index is 2.94. The van der Waals surface area contributed by atoms with Crippen LogP contribution in [-0.4, -0.2) is 4.98 Å². The average molecular weight is 168 g/mol. The number of aromatic nitrogens is 1. The normalized spacial score (nSPS) is 13.4. The molecule has 0 saturated carbocycles. The lowest BCUT2D eigenvalue weighted by Gasteiger charge is -2.15. The van der Waals surface area contributed by atoms with Crippen molar-refractivity contribution in [3.05, 3.63) is 29.8 Å². The van der Waals surface area contributed by atoms with Gasteiger partial charge in [0, 0.05) is 17.8 Å². The quantitative estimate of drug-likeness (QED) is 0.732. The third kappa shape index (κ3) is 1.80. The van der Waals surface area contributed by atoms with Crippen molar-refractivity contribution < 1.29 is 4.39 Å². The fourth-order valence-electron chi connectivity index (χ4n) is 1.02. The molecule has 1 heterocycles. The van der Waals surface area contributed by atoms with Gasteiger partial charge in [-0.3, -0.25) is 4.98 Å². The molecule has 0 spiro atoms. The van der Waals surface area contributed by atoms with E-state index in [2.05, 4.69) is 4.98 Å². The number of hydrogen-bond donors (Lipinski definition) is 1. The Hall–Kier alpha value is -0.960. The Morgan fingerprint density at radius 2 is 2.17 bits per heavy atom. The molecule has 0 unspecified atom stereocenters. The second kappa shape index (κ2) is 3.63. The third-order valence-corrected chi connectivity index (χ3v) is 1.88. The first-order valence-electron chi connectivity index (χ1n) is 3.98. The van der Waals surface area contributed by atoms with E-state index in [1.807, 2.05) is 13.8 Å². The molecule has 0 aliphatic rings. The fourth-order valence-corrected chi connectivity index (χ4v) is 1.02. The van der Waals surface area contributed by atoms with E-state index >= 15 is 0 Å². The Morgan fingerprint density at radius 1 is 1.50 bits per heavy atom. The van der Waals surface area contributed by atoms with E-state index in [-0.39, 0.29) is 17.8 Å². The highest BCUT2D eigenvalue weighted by Crippen LogP contribution is 2.20. The molecule has 2 nitrogen and oxygen atoms in total. The van der Waals surface area contributed by atoms with E-state index < -0.39 is 0 Å². The molecule has 0 aromatic carbocycles. The largest absolute Gasteiger partial charge is 0.324 e. The molecule has 0 aliphatic heterocycles. The zero-order valence-electron chi connectivity index (χ0n) is 7.29. The number of rotatable bonds is 2. The first-order chi connectivity index (χ1) is 5.63. The third-order valence-electron chi connectivity index (χ3n) is 1.88. The molecular weight excluding hydrogens is 155 g/mol. The van der Waals surface area contributed by atoms with E-state index in [1.165, 1.54) is 6.20 Å². The molecule has 0 aliphatic carbocycles. The topological polar surface area (TPSA) is 38.9 Å². The van der Waals surface area contributed by atoms with Crippen molar-refractivity contribution >= 4 is 0 Å². The molecule has 0 bridgehead atoms. The number of nitrogens with zero attached hydrogens (tertiary/aromatic N) is 1. The van der Waals surface area contributed by atoms with Crippen molar-refractivity contribution in [2.45, 2.75) is 19.9 Å². The monoisotopic (exact) mass is 168 g/mol. The SMILES string of the molecule is CC(C)[C@@H](N)c1ccncc1F. The number of hydrogen-bond acceptors (Lipinski definition) is 2. The smallest absolute Gasteiger partial charge is 0.146 e. The highest BCUT2D eigenvalue weighted by molar-refractivity contribution is 5.17. The van der Waals surface area contributed by atoms with Crippen LogP contribution in [0.4, 0.5) is 4.39 Å². The van der Waals surface area contributed by atoms with Crippen molar-refractivity contribution in [3.8, 4) is 0 Å². The Labute approximate surface area is 71.6 Å². The first-order valence-corrected chi connectivity index (χ1v) is 3.98. The van der Waals surface area contributed by atoms with Crippen LogP contribution in [0, 0.1) is 11.7 Å². The molecular formula is C9H13FN2. The average Bonchev–Trinajstić information content (AvgIpc) is 2.04. The van der Waals surface area contributed by atoms with Crippen molar-refractivity contribution in [1.29, 1.82) is 0 Å². The molecule has 1 rings (SSSR count). The Bertz CT molecular complexity index is 260. The van der Waals surface area contributed by atoms with Crippen molar-refractivity contribution in [1.82, 2.24) is 4.98 Å². The van der Waals surface area contributed by atoms with Gasteiger partial charge in [0.2, 0.25) is 0 Å². The summed E-state index contributed by atoms with van der Waals surface area (Å²) in [6, 6.07) is 1.38. The van der Waals surface area contributed by atoms with Crippen molar-refractivity contribution in [2.24, 2.45) is 11.7 Å². The second-order valence-electron chi connectivity index (χ2n) is 3.17. The van der Waals surface area contributed by atoms with Crippen molar-refractivity contribution in [2.75, 3.05) is 0 Å². The van der Waals surface area contributed by atoms with Crippen LogP contribution in [-0.2, 0) is 0 Å². The minimum Gasteiger partial charge on any atom is -0.324 e. The summed E-state index contributed by atoms with van der Waals surface area (Å²) in [5.74, 6) is -0.0828. The molecule has 12 heavy (non-hydrogen) atoms. The van der Waals surface area contributed by atoms with Gasteiger partial charge in [-0.1, -0.05) is 13.8 Å². The van der Waals surface area contributed by atoms with E-state index in [0.717, 1.165) is 0 Å². The summed E-state index contributed by atoms with van der Waals surface area (Å²) in [5, 5.41) is 0. The summed E-state index contributed by atoms with van der Waals surface area (Å²) in [6.07, 6.45) is 2.75. The Kier molecular flexibility index (Phi) is 2.76. The first kappa shape index (κ1) is 9.13. The zero-order valence-corrected chi connectivity index (χ0v) is 7.29. The predicted octanol–water partition coefficient (Wildman–Crippen LogP) is 1.88. The van der Waals surface area contributed by atoms with E-state index in [9.17, 15) is 4.39 Å². The van der Waals surface area contributed by atoms with Crippen LogP contribution in [0.25, 0.3) is 0 Å². The zero-order chi connectivity index (χ0) is 9.14. The summed E-state index contributed by atoms with van der Waals surface area (Å²) < 4.78 is 13.1. The lowest BCUT2D eigenvalue weighted by Crippen LogP contribution is -2.18. The summed E-state index contributed by atoms with van der Waals surface area (Å²) in [7, 11) is 0. The van der Waals surface area contributed by atoms with Crippen LogP contribution in [0.5, 0.6) is 0 Å². The molecule has 0 fully saturated rings. The molecule has 0 amide bonds. The minimum absolute atomic E-state index is 0.238. The van der Waals surface area contributed by atoms with Crippen LogP contribution in [0.1, 0.15) is 25.5 Å². The second-order valence-corrected chi connectivity index (χ2v) is 3.17. The number of halogens is 1. The van der Waals surface area contributed by atoms with Gasteiger partial charge in [-0.25, -0.2) is 4.39 Å². The van der Waals surface area contributed by atoms with E-state index in [4.69, 9.17) is 5.73 Å². The molecule has 2 N–H and O–H groups in total. The molecule has 1 aromatic rings. The predicted molar refractivity (Wildman–Crippen MR) is 46.0 cm³/mol. The summed E-state index contributed by atoms with van der Waals surface area (Å²) in [5.41, 5.74) is 6.31. The molecule has 0 radical (unpaired) electrons. The van der Waals surface area contributed by atoms with Crippen molar-refractivity contribution in [3.63, 3.8) is 0 Å². The standard InChI is InChI=1S/C9H13FN2/c1-6(2)9(11)7-3-4-12-5-8(7)10/h3-6,9H,11H2,1-2H3/t9-/m1/s1. The van der Waals surface area contributed by atoms with Gasteiger partial charge < -0.3 is 5.73 Å². The molecule has 3 heteroatoms. The summed E-state index contributed by atoms with van der Waals surface area (Å²) in [6.45, 7) is 3.93. The van der Waals surface area contributed by atoms with Crippen LogP contribution in [0.15, 0.2) is 18.5 Å². The molecule has 66 valence electrons. The molecule has 1 aromatic heterocycles. The van der Waals surface area contributed by atoms with Crippen LogP contribution in [0.2, 0.25) is 0 Å². The van der Waals surface area contributed by atoms with Gasteiger partial charge in [-0.15, -0.1) is 0 Å². The Morgan fingerprint density at radius 3 is 2.67 bits per heavy atom. The lowest BCUT2D eigenvalue weighted by molar-refractivity contribution is 0.483. The number of nitrogens with two attached hydrogens (primary N) is 1. The maximum Gasteiger partial charge on any atom is 0.146 e. The summed E-state index contributed by atoms with van der Waals surface area (Å²) >= 11 is 0. The van der Waals surface area contributed by atoms with Gasteiger partial charge in [-0.05, 0) is 12.0 Å². The minimum atomic E-state index is -0.321. The van der Waals surface area contributed by atoms with Gasteiger partial charge >= 0.3 is 0 Å². The maximum atomic E-state index is 13.1. The molecule has 1 atom stereocenters. The van der Waals surface area contributed by atoms with Crippen LogP contribution < -0.4 is 5.73 Å². The highest BCUT2D eigenvalue weighted by atomic mass is 19.1.